The predicted molar refractivity (Wildman–Crippen MR) is 142 cm³/mol. The number of aliphatic hydroxyl groups is 1. The van der Waals surface area contributed by atoms with Crippen LogP contribution < -0.4 is 0 Å². The Morgan fingerprint density at radius 2 is 1.71 bits per heavy atom. The van der Waals surface area contributed by atoms with Gasteiger partial charge in [0.1, 0.15) is 0 Å². The summed E-state index contributed by atoms with van der Waals surface area (Å²) < 4.78 is 39.9. The van der Waals surface area contributed by atoms with E-state index in [1.165, 1.54) is 28.6 Å². The van der Waals surface area contributed by atoms with Crippen molar-refractivity contribution in [3.63, 3.8) is 0 Å². The molecule has 8 heteroatoms. The van der Waals surface area contributed by atoms with Crippen molar-refractivity contribution in [2.45, 2.75) is 44.1 Å². The Balaban J connectivity index is 1.09. The van der Waals surface area contributed by atoms with Crippen LogP contribution in [-0.4, -0.2) is 64.6 Å². The van der Waals surface area contributed by atoms with Crippen molar-refractivity contribution < 1.29 is 23.1 Å². The van der Waals surface area contributed by atoms with Gasteiger partial charge in [-0.2, -0.15) is 0 Å². The standard InChI is InChI=1S/C30H34F3N3O2/c31-26-16-21(17-27(32)30(26)33)5-6-29(38)36-11-7-20(8-12-36)15-23(19-37)35-13-9-22(10-14-35)25-18-34-28-4-2-1-3-24(25)28/h1-6,16-18,20,22-23,34,37H,7-15,19H2/b6-5+. The van der Waals surface area contributed by atoms with Crippen LogP contribution in [0.2, 0.25) is 0 Å². The monoisotopic (exact) mass is 525 g/mol. The summed E-state index contributed by atoms with van der Waals surface area (Å²) in [6.45, 7) is 3.25. The maximum absolute atomic E-state index is 13.4. The fourth-order valence-electron chi connectivity index (χ4n) is 6.06. The summed E-state index contributed by atoms with van der Waals surface area (Å²) in [6.07, 6.45) is 9.47. The largest absolute Gasteiger partial charge is 0.395 e. The number of piperidine rings is 2. The van der Waals surface area contributed by atoms with E-state index in [4.69, 9.17) is 0 Å². The lowest BCUT2D eigenvalue weighted by atomic mass is 9.86. The highest BCUT2D eigenvalue weighted by molar-refractivity contribution is 5.91. The Hall–Kier alpha value is -3.10. The average molecular weight is 526 g/mol. The van der Waals surface area contributed by atoms with Gasteiger partial charge in [-0.15, -0.1) is 0 Å². The third-order valence-electron chi connectivity index (χ3n) is 8.27. The molecule has 3 aromatic rings. The first kappa shape index (κ1) is 26.5. The fourth-order valence-corrected chi connectivity index (χ4v) is 6.06. The maximum atomic E-state index is 13.4. The van der Waals surface area contributed by atoms with Crippen molar-refractivity contribution in [2.75, 3.05) is 32.8 Å². The summed E-state index contributed by atoms with van der Waals surface area (Å²) in [5.41, 5.74) is 2.67. The maximum Gasteiger partial charge on any atom is 0.246 e. The van der Waals surface area contributed by atoms with E-state index in [0.717, 1.165) is 57.3 Å². The Morgan fingerprint density at radius 1 is 1.03 bits per heavy atom. The smallest absolute Gasteiger partial charge is 0.246 e. The van der Waals surface area contributed by atoms with Gasteiger partial charge < -0.3 is 15.0 Å². The molecule has 2 N–H and O–H groups in total. The van der Waals surface area contributed by atoms with Gasteiger partial charge in [-0.05, 0) is 92.4 Å². The molecule has 2 fully saturated rings. The molecule has 0 radical (unpaired) electrons. The zero-order valence-electron chi connectivity index (χ0n) is 21.4. The van der Waals surface area contributed by atoms with Gasteiger partial charge in [0.25, 0.3) is 0 Å². The SMILES string of the molecule is O=C(/C=C/c1cc(F)c(F)c(F)c1)N1CCC(CC(CO)N2CCC(c3c[nH]c4ccccc34)CC2)CC1. The summed E-state index contributed by atoms with van der Waals surface area (Å²) in [5, 5.41) is 11.5. The van der Waals surface area contributed by atoms with Gasteiger partial charge in [0.05, 0.1) is 6.61 Å². The number of carbonyl (C=O) groups excluding carboxylic acids is 1. The van der Waals surface area contributed by atoms with Crippen LogP contribution in [0.15, 0.2) is 48.7 Å². The second-order valence-electron chi connectivity index (χ2n) is 10.6. The number of rotatable bonds is 7. The van der Waals surface area contributed by atoms with Crippen LogP contribution in [0.25, 0.3) is 17.0 Å². The lowest BCUT2D eigenvalue weighted by molar-refractivity contribution is -0.127. The Morgan fingerprint density at radius 3 is 2.39 bits per heavy atom. The Kier molecular flexibility index (Phi) is 8.19. The predicted octanol–water partition coefficient (Wildman–Crippen LogP) is 5.47. The number of carbonyl (C=O) groups is 1. The highest BCUT2D eigenvalue weighted by Gasteiger charge is 2.30. The van der Waals surface area contributed by atoms with Crippen molar-refractivity contribution in [3.05, 3.63) is 77.2 Å². The molecular formula is C30H34F3N3O2. The quantitative estimate of drug-likeness (QED) is 0.318. The number of nitrogens with one attached hydrogen (secondary N) is 1. The van der Waals surface area contributed by atoms with Gasteiger partial charge in [-0.3, -0.25) is 9.69 Å². The second-order valence-corrected chi connectivity index (χ2v) is 10.6. The molecule has 3 heterocycles. The minimum absolute atomic E-state index is 0.101. The topological polar surface area (TPSA) is 59.6 Å². The number of H-pyrrole nitrogens is 1. The summed E-state index contributed by atoms with van der Waals surface area (Å²) in [5.74, 6) is -3.36. The van der Waals surface area contributed by atoms with Gasteiger partial charge in [0, 0.05) is 42.3 Å². The Labute approximate surface area is 220 Å². The van der Waals surface area contributed by atoms with E-state index in [2.05, 4.69) is 34.3 Å². The molecule has 202 valence electrons. The normalized spacial score (nSPS) is 19.0. The number of nitrogens with zero attached hydrogens (tertiary/aromatic N) is 2. The third kappa shape index (κ3) is 5.81. The first-order valence-corrected chi connectivity index (χ1v) is 13.5. The van der Waals surface area contributed by atoms with E-state index >= 15 is 0 Å². The zero-order chi connectivity index (χ0) is 26.6. The van der Waals surface area contributed by atoms with Crippen LogP contribution >= 0.6 is 0 Å². The molecule has 2 aliphatic rings. The molecule has 0 bridgehead atoms. The van der Waals surface area contributed by atoms with Gasteiger partial charge >= 0.3 is 0 Å². The molecule has 38 heavy (non-hydrogen) atoms. The number of para-hydroxylation sites is 1. The first-order valence-electron chi connectivity index (χ1n) is 13.5. The van der Waals surface area contributed by atoms with Crippen molar-refractivity contribution in [1.82, 2.24) is 14.8 Å². The number of hydrogen-bond donors (Lipinski definition) is 2. The molecule has 1 amide bonds. The molecule has 0 saturated carbocycles. The van der Waals surface area contributed by atoms with E-state index in [0.29, 0.717) is 24.9 Å². The van der Waals surface area contributed by atoms with Crippen LogP contribution in [0.1, 0.15) is 49.1 Å². The molecule has 5 nitrogen and oxygen atoms in total. The van der Waals surface area contributed by atoms with E-state index in [-0.39, 0.29) is 24.1 Å². The van der Waals surface area contributed by atoms with Crippen LogP contribution in [0.4, 0.5) is 13.2 Å². The number of fused-ring (bicyclic) bond motifs is 1. The number of likely N-dealkylation sites (tertiary alicyclic amines) is 2. The molecule has 5 rings (SSSR count). The average Bonchev–Trinajstić information content (AvgIpc) is 3.38. The van der Waals surface area contributed by atoms with Gasteiger partial charge in [-0.25, -0.2) is 13.2 Å². The minimum atomic E-state index is -1.52. The molecule has 1 atom stereocenters. The number of halogens is 3. The van der Waals surface area contributed by atoms with Gasteiger partial charge in [-0.1, -0.05) is 18.2 Å². The summed E-state index contributed by atoms with van der Waals surface area (Å²) in [7, 11) is 0. The van der Waals surface area contributed by atoms with Gasteiger partial charge in [0.15, 0.2) is 17.5 Å². The van der Waals surface area contributed by atoms with Crippen LogP contribution in [-0.2, 0) is 4.79 Å². The molecule has 2 aliphatic heterocycles. The zero-order valence-corrected chi connectivity index (χ0v) is 21.4. The van der Waals surface area contributed by atoms with E-state index in [1.54, 1.807) is 4.90 Å². The van der Waals surface area contributed by atoms with Crippen molar-refractivity contribution in [3.8, 4) is 0 Å². The van der Waals surface area contributed by atoms with E-state index in [9.17, 15) is 23.1 Å². The van der Waals surface area contributed by atoms with Gasteiger partial charge in [0.2, 0.25) is 5.91 Å². The van der Waals surface area contributed by atoms with E-state index < -0.39 is 17.5 Å². The molecule has 2 aromatic carbocycles. The minimum Gasteiger partial charge on any atom is -0.395 e. The summed E-state index contributed by atoms with van der Waals surface area (Å²) in [4.78, 5) is 20.1. The lowest BCUT2D eigenvalue weighted by Crippen LogP contribution is -2.45. The highest BCUT2D eigenvalue weighted by Crippen LogP contribution is 2.34. The molecule has 1 aromatic heterocycles. The highest BCUT2D eigenvalue weighted by atomic mass is 19.2. The van der Waals surface area contributed by atoms with Crippen LogP contribution in [0, 0.1) is 23.4 Å². The number of aliphatic hydroxyl groups excluding tert-OH is 1. The number of hydrogen-bond acceptors (Lipinski definition) is 3. The molecule has 1 unspecified atom stereocenters. The number of aromatic nitrogens is 1. The molecule has 2 saturated heterocycles. The van der Waals surface area contributed by atoms with Crippen LogP contribution in [0.5, 0.6) is 0 Å². The fraction of sp³-hybridized carbons (Fsp3) is 0.433. The Bertz CT molecular complexity index is 1270. The second kappa shape index (κ2) is 11.7. The lowest BCUT2D eigenvalue weighted by Gasteiger charge is -2.39. The van der Waals surface area contributed by atoms with Crippen molar-refractivity contribution in [1.29, 1.82) is 0 Å². The molecule has 0 aliphatic carbocycles. The molecular weight excluding hydrogens is 491 g/mol. The third-order valence-corrected chi connectivity index (χ3v) is 8.27. The van der Waals surface area contributed by atoms with Crippen LogP contribution in [0.3, 0.4) is 0 Å². The number of amides is 1. The number of aromatic amines is 1. The van der Waals surface area contributed by atoms with Crippen molar-refractivity contribution >= 4 is 22.9 Å². The summed E-state index contributed by atoms with van der Waals surface area (Å²) >= 11 is 0. The number of benzene rings is 2. The molecule has 0 spiro atoms. The van der Waals surface area contributed by atoms with E-state index in [1.807, 2.05) is 6.07 Å². The summed E-state index contributed by atoms with van der Waals surface area (Å²) in [6, 6.07) is 10.3. The first-order chi connectivity index (χ1) is 18.4. The van der Waals surface area contributed by atoms with Crippen molar-refractivity contribution in [2.24, 2.45) is 5.92 Å².